The molecule has 5 heteroatoms. The van der Waals surface area contributed by atoms with E-state index in [1.165, 1.54) is 0 Å². The molecule has 0 radical (unpaired) electrons. The van der Waals surface area contributed by atoms with Crippen molar-refractivity contribution in [3.8, 4) is 0 Å². The molecule has 0 fully saturated rings. The van der Waals surface area contributed by atoms with Crippen LogP contribution in [0.5, 0.6) is 0 Å². The summed E-state index contributed by atoms with van der Waals surface area (Å²) >= 11 is 0. The van der Waals surface area contributed by atoms with E-state index in [-0.39, 0.29) is 19.1 Å². The van der Waals surface area contributed by atoms with Gasteiger partial charge in [0.1, 0.15) is 0 Å². The van der Waals surface area contributed by atoms with Gasteiger partial charge in [-0.15, -0.1) is 0 Å². The number of hydrogen-bond donors (Lipinski definition) is 2. The molecular weight excluding hydrogens is 184 g/mol. The second kappa shape index (κ2) is 6.37. The minimum Gasteiger partial charge on any atom is -0.480 e. The molecular formula is C9H18N2O3. The van der Waals surface area contributed by atoms with Gasteiger partial charge in [-0.05, 0) is 13.3 Å². The minimum absolute atomic E-state index is 0.00741. The summed E-state index contributed by atoms with van der Waals surface area (Å²) in [4.78, 5) is 22.8. The number of carbonyl (C=O) groups is 2. The molecule has 0 aliphatic rings. The van der Waals surface area contributed by atoms with E-state index in [1.54, 1.807) is 4.90 Å². The summed E-state index contributed by atoms with van der Waals surface area (Å²) in [5.41, 5.74) is 5.03. The molecule has 1 atom stereocenters. The average molecular weight is 202 g/mol. The first-order valence-corrected chi connectivity index (χ1v) is 4.71. The second-order valence-electron chi connectivity index (χ2n) is 3.40. The van der Waals surface area contributed by atoms with Gasteiger partial charge in [0.15, 0.2) is 0 Å². The van der Waals surface area contributed by atoms with E-state index in [1.807, 2.05) is 13.8 Å². The standard InChI is InChI=1S/C9H18N2O3/c1-3-4-7(2)11(5-8(10)12)6-9(13)14/h7H,3-6H2,1-2H3,(H2,10,12)(H,13,14). The van der Waals surface area contributed by atoms with Gasteiger partial charge in [0, 0.05) is 6.04 Å². The molecule has 1 amide bonds. The Labute approximate surface area is 83.9 Å². The van der Waals surface area contributed by atoms with Crippen LogP contribution in [0.25, 0.3) is 0 Å². The Balaban J connectivity index is 4.21. The van der Waals surface area contributed by atoms with Gasteiger partial charge < -0.3 is 10.8 Å². The molecule has 0 aromatic rings. The van der Waals surface area contributed by atoms with Crippen LogP contribution in [-0.4, -0.2) is 41.0 Å². The first kappa shape index (κ1) is 12.9. The van der Waals surface area contributed by atoms with Crippen LogP contribution < -0.4 is 5.73 Å². The number of aliphatic carboxylic acids is 1. The number of rotatable bonds is 7. The van der Waals surface area contributed by atoms with Crippen LogP contribution in [0.15, 0.2) is 0 Å². The van der Waals surface area contributed by atoms with Crippen LogP contribution >= 0.6 is 0 Å². The zero-order chi connectivity index (χ0) is 11.1. The van der Waals surface area contributed by atoms with Crippen molar-refractivity contribution in [2.75, 3.05) is 13.1 Å². The van der Waals surface area contributed by atoms with Crippen molar-refractivity contribution in [2.24, 2.45) is 5.73 Å². The molecule has 0 heterocycles. The fourth-order valence-electron chi connectivity index (χ4n) is 1.34. The quantitative estimate of drug-likeness (QED) is 0.611. The average Bonchev–Trinajstić information content (AvgIpc) is 2.01. The predicted molar refractivity (Wildman–Crippen MR) is 52.8 cm³/mol. The van der Waals surface area contributed by atoms with Crippen molar-refractivity contribution >= 4 is 11.9 Å². The van der Waals surface area contributed by atoms with Gasteiger partial charge in [-0.3, -0.25) is 14.5 Å². The number of carboxylic acid groups (broad SMARTS) is 1. The number of nitrogens with zero attached hydrogens (tertiary/aromatic N) is 1. The zero-order valence-electron chi connectivity index (χ0n) is 8.69. The van der Waals surface area contributed by atoms with E-state index in [9.17, 15) is 9.59 Å². The summed E-state index contributed by atoms with van der Waals surface area (Å²) in [6.45, 7) is 3.78. The van der Waals surface area contributed by atoms with Gasteiger partial charge >= 0.3 is 5.97 Å². The van der Waals surface area contributed by atoms with Crippen LogP contribution in [0.4, 0.5) is 0 Å². The summed E-state index contributed by atoms with van der Waals surface area (Å²) in [7, 11) is 0. The molecule has 14 heavy (non-hydrogen) atoms. The summed E-state index contributed by atoms with van der Waals surface area (Å²) in [5, 5.41) is 8.62. The Morgan fingerprint density at radius 3 is 2.36 bits per heavy atom. The molecule has 0 aromatic heterocycles. The van der Waals surface area contributed by atoms with E-state index in [0.29, 0.717) is 0 Å². The molecule has 0 saturated heterocycles. The monoisotopic (exact) mass is 202 g/mol. The Morgan fingerprint density at radius 2 is 2.00 bits per heavy atom. The number of primary amides is 1. The third kappa shape index (κ3) is 5.53. The van der Waals surface area contributed by atoms with Gasteiger partial charge in [0.2, 0.25) is 5.91 Å². The van der Waals surface area contributed by atoms with E-state index in [2.05, 4.69) is 0 Å². The van der Waals surface area contributed by atoms with E-state index >= 15 is 0 Å². The lowest BCUT2D eigenvalue weighted by molar-refractivity contribution is -0.139. The number of nitrogens with two attached hydrogens (primary N) is 1. The molecule has 1 unspecified atom stereocenters. The van der Waals surface area contributed by atoms with E-state index < -0.39 is 11.9 Å². The Kier molecular flexibility index (Phi) is 5.87. The maximum atomic E-state index is 10.7. The van der Waals surface area contributed by atoms with Gasteiger partial charge in [-0.25, -0.2) is 0 Å². The smallest absolute Gasteiger partial charge is 0.317 e. The van der Waals surface area contributed by atoms with Crippen LogP contribution in [0, 0.1) is 0 Å². The van der Waals surface area contributed by atoms with Crippen molar-refractivity contribution in [3.63, 3.8) is 0 Å². The SMILES string of the molecule is CCCC(C)N(CC(N)=O)CC(=O)O. The summed E-state index contributed by atoms with van der Waals surface area (Å²) in [5.74, 6) is -1.43. The van der Waals surface area contributed by atoms with Crippen molar-refractivity contribution in [3.05, 3.63) is 0 Å². The molecule has 0 aliphatic carbocycles. The third-order valence-electron chi connectivity index (χ3n) is 2.03. The molecule has 0 saturated carbocycles. The maximum Gasteiger partial charge on any atom is 0.317 e. The number of amides is 1. The first-order valence-electron chi connectivity index (χ1n) is 4.71. The molecule has 0 spiro atoms. The van der Waals surface area contributed by atoms with Gasteiger partial charge in [-0.1, -0.05) is 13.3 Å². The van der Waals surface area contributed by atoms with E-state index in [0.717, 1.165) is 12.8 Å². The topological polar surface area (TPSA) is 83.6 Å². The highest BCUT2D eigenvalue weighted by Crippen LogP contribution is 2.05. The normalized spacial score (nSPS) is 12.8. The lowest BCUT2D eigenvalue weighted by Crippen LogP contribution is -2.42. The second-order valence-corrected chi connectivity index (χ2v) is 3.40. The highest BCUT2D eigenvalue weighted by atomic mass is 16.4. The lowest BCUT2D eigenvalue weighted by atomic mass is 10.1. The molecule has 5 nitrogen and oxygen atoms in total. The number of hydrogen-bond acceptors (Lipinski definition) is 3. The molecule has 0 rings (SSSR count). The summed E-state index contributed by atoms with van der Waals surface area (Å²) in [6.07, 6.45) is 1.82. The fourth-order valence-corrected chi connectivity index (χ4v) is 1.34. The molecule has 0 bridgehead atoms. The molecule has 0 aromatic carbocycles. The molecule has 0 aliphatic heterocycles. The van der Waals surface area contributed by atoms with Gasteiger partial charge in [0.05, 0.1) is 13.1 Å². The first-order chi connectivity index (χ1) is 6.47. The van der Waals surface area contributed by atoms with Crippen LogP contribution in [0.3, 0.4) is 0 Å². The molecule has 82 valence electrons. The Morgan fingerprint density at radius 1 is 1.43 bits per heavy atom. The third-order valence-corrected chi connectivity index (χ3v) is 2.03. The fraction of sp³-hybridized carbons (Fsp3) is 0.778. The zero-order valence-corrected chi connectivity index (χ0v) is 8.69. The van der Waals surface area contributed by atoms with Crippen LogP contribution in [0.1, 0.15) is 26.7 Å². The van der Waals surface area contributed by atoms with E-state index in [4.69, 9.17) is 10.8 Å². The van der Waals surface area contributed by atoms with Crippen molar-refractivity contribution in [1.29, 1.82) is 0 Å². The number of carboxylic acids is 1. The van der Waals surface area contributed by atoms with Crippen LogP contribution in [-0.2, 0) is 9.59 Å². The van der Waals surface area contributed by atoms with Crippen LogP contribution in [0.2, 0.25) is 0 Å². The highest BCUT2D eigenvalue weighted by molar-refractivity contribution is 5.77. The van der Waals surface area contributed by atoms with Crippen molar-refractivity contribution in [2.45, 2.75) is 32.7 Å². The lowest BCUT2D eigenvalue weighted by Gasteiger charge is -2.25. The maximum absolute atomic E-state index is 10.7. The highest BCUT2D eigenvalue weighted by Gasteiger charge is 2.17. The van der Waals surface area contributed by atoms with Crippen molar-refractivity contribution in [1.82, 2.24) is 4.90 Å². The Hall–Kier alpha value is -1.10. The van der Waals surface area contributed by atoms with Gasteiger partial charge in [0.25, 0.3) is 0 Å². The predicted octanol–water partition coefficient (Wildman–Crippen LogP) is 0.0469. The summed E-state index contributed by atoms with van der Waals surface area (Å²) < 4.78 is 0. The van der Waals surface area contributed by atoms with Gasteiger partial charge in [-0.2, -0.15) is 0 Å². The largest absolute Gasteiger partial charge is 0.480 e. The number of carbonyl (C=O) groups excluding carboxylic acids is 1. The Bertz CT molecular complexity index is 190. The van der Waals surface area contributed by atoms with Crippen molar-refractivity contribution < 1.29 is 14.7 Å². The summed E-state index contributed by atoms with van der Waals surface area (Å²) in [6, 6.07) is 0.0728. The minimum atomic E-state index is -0.936. The molecule has 3 N–H and O–H groups in total.